The van der Waals surface area contributed by atoms with E-state index in [0.717, 1.165) is 38.5 Å². The molecule has 0 amide bonds. The number of esters is 1. The van der Waals surface area contributed by atoms with Crippen LogP contribution in [0, 0.1) is 45.3 Å². The molecule has 4 aliphatic carbocycles. The van der Waals surface area contributed by atoms with Crippen molar-refractivity contribution in [3.8, 4) is 0 Å². The number of hydrogen-bond acceptors (Lipinski definition) is 12. The highest BCUT2D eigenvalue weighted by molar-refractivity contribution is 5.82. The van der Waals surface area contributed by atoms with Gasteiger partial charge in [0, 0.05) is 17.8 Å². The van der Waals surface area contributed by atoms with Gasteiger partial charge in [0.25, 0.3) is 0 Å². The Morgan fingerprint density at radius 2 is 1.54 bits per heavy atom. The van der Waals surface area contributed by atoms with Crippen LogP contribution >= 0.6 is 0 Å². The Morgan fingerprint density at radius 3 is 2.17 bits per heavy atom. The first kappa shape index (κ1) is 36.8. The Labute approximate surface area is 283 Å². The number of carbonyl (C=O) groups is 1. The topological polar surface area (TPSA) is 207 Å². The maximum atomic E-state index is 13.3. The number of aliphatic hydroxyl groups is 8. The van der Waals surface area contributed by atoms with Gasteiger partial charge in [-0.05, 0) is 99.2 Å². The number of carbonyl (C=O) groups excluding carboxylic acids is 1. The molecule has 4 unspecified atom stereocenters. The zero-order valence-corrected chi connectivity index (χ0v) is 29.4. The van der Waals surface area contributed by atoms with E-state index in [2.05, 4.69) is 20.8 Å². The predicted molar refractivity (Wildman–Crippen MR) is 171 cm³/mol. The summed E-state index contributed by atoms with van der Waals surface area (Å²) in [6, 6.07) is 0. The normalized spacial score (nSPS) is 54.6. The van der Waals surface area contributed by atoms with E-state index in [1.54, 1.807) is 0 Å². The summed E-state index contributed by atoms with van der Waals surface area (Å²) in [7, 11) is 0. The van der Waals surface area contributed by atoms with Crippen LogP contribution in [0.25, 0.3) is 0 Å². The molecule has 2 heterocycles. The summed E-state index contributed by atoms with van der Waals surface area (Å²) in [6.45, 7) is 11.3. The van der Waals surface area contributed by atoms with Gasteiger partial charge < -0.3 is 55.1 Å². The van der Waals surface area contributed by atoms with Crippen molar-refractivity contribution in [3.63, 3.8) is 0 Å². The summed E-state index contributed by atoms with van der Waals surface area (Å²) in [6.07, 6.45) is -3.34. The van der Waals surface area contributed by atoms with Gasteiger partial charge >= 0.3 is 5.97 Å². The highest BCUT2D eigenvalue weighted by Gasteiger charge is 2.72. The van der Waals surface area contributed by atoms with E-state index in [1.165, 1.54) is 13.8 Å². The fourth-order valence-corrected chi connectivity index (χ4v) is 12.5. The van der Waals surface area contributed by atoms with Gasteiger partial charge in [-0.2, -0.15) is 0 Å². The maximum Gasteiger partial charge on any atom is 0.338 e. The minimum absolute atomic E-state index is 0.0428. The molecule has 6 fully saturated rings. The molecule has 12 heteroatoms. The van der Waals surface area contributed by atoms with Gasteiger partial charge in [-0.1, -0.05) is 27.7 Å². The van der Waals surface area contributed by atoms with Crippen LogP contribution in [0.5, 0.6) is 0 Å². The summed E-state index contributed by atoms with van der Waals surface area (Å²) in [5.74, 6) is -0.568. The molecule has 2 aliphatic heterocycles. The van der Waals surface area contributed by atoms with Crippen molar-refractivity contribution in [2.24, 2.45) is 45.3 Å². The van der Waals surface area contributed by atoms with Crippen LogP contribution in [0.1, 0.15) is 99.3 Å². The molecule has 12 nitrogen and oxygen atoms in total. The van der Waals surface area contributed by atoms with Gasteiger partial charge in [0.2, 0.25) is 0 Å². The van der Waals surface area contributed by atoms with Crippen LogP contribution < -0.4 is 0 Å². The lowest BCUT2D eigenvalue weighted by Gasteiger charge is -2.70. The Bertz CT molecular complexity index is 1220. The number of ether oxygens (including phenoxy) is 3. The van der Waals surface area contributed by atoms with Gasteiger partial charge in [-0.3, -0.25) is 0 Å². The SMILES string of the molecule is CC(C)(O)[C@H](O)C1C[C@](O)([C@H]2CC[C@]3(C)[C@@H]2CCC2[C@@]4(C)CCC(O[C@@H]5O[C@H](CO)[C@@H](O)[C@H](O)[C@H]5O)[C@](C)(CO)C4CC[C@]23C)C(=O)O1. The molecule has 4 saturated carbocycles. The maximum absolute atomic E-state index is 13.3. The zero-order valence-electron chi connectivity index (χ0n) is 29.4. The second kappa shape index (κ2) is 12.1. The van der Waals surface area contributed by atoms with Gasteiger partial charge in [0.1, 0.15) is 36.6 Å². The lowest BCUT2D eigenvalue weighted by Crippen LogP contribution is -2.66. The first-order valence-corrected chi connectivity index (χ1v) is 18.1. The lowest BCUT2D eigenvalue weighted by atomic mass is 9.35. The summed E-state index contributed by atoms with van der Waals surface area (Å²) in [5, 5.41) is 85.1. The number of aliphatic hydroxyl groups excluding tert-OH is 6. The molecular weight excluding hydrogens is 624 g/mol. The van der Waals surface area contributed by atoms with Crippen LogP contribution in [-0.2, 0) is 19.0 Å². The minimum atomic E-state index is -1.72. The molecule has 17 atom stereocenters. The molecule has 2 saturated heterocycles. The number of fused-ring (bicyclic) bond motifs is 5. The summed E-state index contributed by atoms with van der Waals surface area (Å²) < 4.78 is 17.6. The van der Waals surface area contributed by atoms with E-state index >= 15 is 0 Å². The molecule has 6 rings (SSSR count). The van der Waals surface area contributed by atoms with E-state index in [4.69, 9.17) is 14.2 Å². The lowest BCUT2D eigenvalue weighted by molar-refractivity contribution is -0.334. The molecule has 0 bridgehead atoms. The average molecular weight is 685 g/mol. The second-order valence-corrected chi connectivity index (χ2v) is 18.0. The Morgan fingerprint density at radius 1 is 0.875 bits per heavy atom. The first-order valence-electron chi connectivity index (χ1n) is 18.1. The fourth-order valence-electron chi connectivity index (χ4n) is 12.5. The third kappa shape index (κ3) is 5.10. The molecular formula is C36H60O12. The van der Waals surface area contributed by atoms with Gasteiger partial charge in [-0.25, -0.2) is 4.79 Å². The van der Waals surface area contributed by atoms with Crippen molar-refractivity contribution in [3.05, 3.63) is 0 Å². The first-order chi connectivity index (χ1) is 22.2. The van der Waals surface area contributed by atoms with Crippen LogP contribution in [0.2, 0.25) is 0 Å². The van der Waals surface area contributed by atoms with E-state index in [1.807, 2.05) is 6.92 Å². The molecule has 0 spiro atoms. The van der Waals surface area contributed by atoms with Gasteiger partial charge in [0.15, 0.2) is 11.9 Å². The smallest absolute Gasteiger partial charge is 0.338 e. The van der Waals surface area contributed by atoms with Gasteiger partial charge in [0.05, 0.1) is 24.9 Å². The molecule has 0 aromatic carbocycles. The molecule has 0 radical (unpaired) electrons. The van der Waals surface area contributed by atoms with Crippen molar-refractivity contribution < 1.29 is 59.9 Å². The quantitative estimate of drug-likeness (QED) is 0.140. The van der Waals surface area contributed by atoms with E-state index in [-0.39, 0.29) is 47.0 Å². The minimum Gasteiger partial charge on any atom is -0.457 e. The van der Waals surface area contributed by atoms with Crippen molar-refractivity contribution in [1.82, 2.24) is 0 Å². The number of rotatable bonds is 7. The van der Waals surface area contributed by atoms with Crippen LogP contribution in [0.4, 0.5) is 0 Å². The summed E-state index contributed by atoms with van der Waals surface area (Å²) in [5.41, 5.74) is -4.33. The largest absolute Gasteiger partial charge is 0.457 e. The standard InChI is InChI=1S/C36H60O12/c1-31(2,44)28(42)20-15-36(45,30(43)47-20)19-9-13-34(5)18(19)7-8-23-32(3)12-11-24(33(4,17-38)22(32)10-14-35(23,34)6)48-29-27(41)26(40)25(39)21(16-37)46-29/h18-29,37-42,44-45H,7-17H2,1-6H3/t18-,19+,20?,21-,22?,23?,24?,25-,26+,27-,28-,29+,32+,33-,34-,35-,36+/m1/s1. The third-order valence-electron chi connectivity index (χ3n) is 15.4. The summed E-state index contributed by atoms with van der Waals surface area (Å²) >= 11 is 0. The van der Waals surface area contributed by atoms with Crippen molar-refractivity contribution in [2.75, 3.05) is 13.2 Å². The molecule has 8 N–H and O–H groups in total. The van der Waals surface area contributed by atoms with Crippen molar-refractivity contribution in [2.45, 2.75) is 160 Å². The Kier molecular flexibility index (Phi) is 9.26. The van der Waals surface area contributed by atoms with Crippen LogP contribution in [0.15, 0.2) is 0 Å². The molecule has 276 valence electrons. The highest BCUT2D eigenvalue weighted by Crippen LogP contribution is 2.76. The van der Waals surface area contributed by atoms with Crippen LogP contribution in [-0.4, -0.2) is 120 Å². The highest BCUT2D eigenvalue weighted by atomic mass is 16.7. The monoisotopic (exact) mass is 684 g/mol. The second-order valence-electron chi connectivity index (χ2n) is 18.0. The fraction of sp³-hybridized carbons (Fsp3) is 0.972. The predicted octanol–water partition coefficient (Wildman–Crippen LogP) is 1.01. The van der Waals surface area contributed by atoms with Crippen LogP contribution in [0.3, 0.4) is 0 Å². The van der Waals surface area contributed by atoms with E-state index in [0.29, 0.717) is 18.8 Å². The third-order valence-corrected chi connectivity index (χ3v) is 15.4. The zero-order chi connectivity index (χ0) is 35.4. The molecule has 48 heavy (non-hydrogen) atoms. The van der Waals surface area contributed by atoms with Gasteiger partial charge in [-0.15, -0.1) is 0 Å². The average Bonchev–Trinajstić information content (AvgIpc) is 3.54. The molecule has 0 aromatic rings. The number of cyclic esters (lactones) is 1. The molecule has 6 aliphatic rings. The Balaban J connectivity index is 1.23. The van der Waals surface area contributed by atoms with E-state index < -0.39 is 78.2 Å². The van der Waals surface area contributed by atoms with Crippen molar-refractivity contribution in [1.29, 1.82) is 0 Å². The van der Waals surface area contributed by atoms with E-state index in [9.17, 15) is 45.6 Å². The van der Waals surface area contributed by atoms with Crippen molar-refractivity contribution >= 4 is 5.97 Å². The summed E-state index contributed by atoms with van der Waals surface area (Å²) in [4.78, 5) is 13.3. The molecule has 0 aromatic heterocycles. The Hall–Kier alpha value is -0.930. The number of hydrogen-bond donors (Lipinski definition) is 8.